The number of hydrogen-bond acceptors (Lipinski definition) is 4. The Balaban J connectivity index is 1.30. The van der Waals surface area contributed by atoms with Gasteiger partial charge in [-0.25, -0.2) is 4.98 Å². The topological polar surface area (TPSA) is 36.4 Å². The summed E-state index contributed by atoms with van der Waals surface area (Å²) in [7, 11) is 0. The number of carbonyl (C=O) groups excluding carboxylic acids is 1. The SMILES string of the molecule is O=C1N(CCc2ccccc2)CCC[C@@]12CCN(c1nc3ccccc3s1)C2. The molecule has 4 nitrogen and oxygen atoms in total. The van der Waals surface area contributed by atoms with E-state index in [0.717, 1.165) is 62.5 Å². The molecule has 0 unspecified atom stereocenters. The van der Waals surface area contributed by atoms with Crippen LogP contribution in [0.3, 0.4) is 0 Å². The van der Waals surface area contributed by atoms with Crippen molar-refractivity contribution in [1.29, 1.82) is 0 Å². The Morgan fingerprint density at radius 3 is 2.68 bits per heavy atom. The average Bonchev–Trinajstić information content (AvgIpc) is 3.35. The minimum Gasteiger partial charge on any atom is -0.347 e. The van der Waals surface area contributed by atoms with E-state index in [1.54, 1.807) is 11.3 Å². The standard InChI is InChI=1S/C23H25N3OS/c27-21-23(12-6-14-25(21)15-11-18-7-2-1-3-8-18)13-16-26(17-23)22-24-19-9-4-5-10-20(19)28-22/h1-5,7-10H,6,11-17H2/t23-/m0/s1. The van der Waals surface area contributed by atoms with E-state index in [0.29, 0.717) is 5.91 Å². The number of likely N-dealkylation sites (tertiary alicyclic amines) is 1. The fourth-order valence-corrected chi connectivity index (χ4v) is 5.67. The number of carbonyl (C=O) groups is 1. The van der Waals surface area contributed by atoms with Crippen molar-refractivity contribution >= 4 is 32.6 Å². The average molecular weight is 392 g/mol. The second kappa shape index (κ2) is 7.21. The first-order valence-corrected chi connectivity index (χ1v) is 11.0. The number of benzene rings is 2. The third kappa shape index (κ3) is 3.18. The Bertz CT molecular complexity index is 953. The van der Waals surface area contributed by atoms with E-state index in [1.165, 1.54) is 10.3 Å². The van der Waals surface area contributed by atoms with Gasteiger partial charge in [0.05, 0.1) is 15.6 Å². The molecule has 2 saturated heterocycles. The molecule has 1 aromatic heterocycles. The molecule has 0 aliphatic carbocycles. The predicted octanol–water partition coefficient (Wildman–Crippen LogP) is 4.36. The minimum absolute atomic E-state index is 0.215. The largest absolute Gasteiger partial charge is 0.347 e. The van der Waals surface area contributed by atoms with Gasteiger partial charge in [0.2, 0.25) is 5.91 Å². The molecular formula is C23H25N3OS. The quantitative estimate of drug-likeness (QED) is 0.663. The van der Waals surface area contributed by atoms with Gasteiger partial charge in [0.1, 0.15) is 0 Å². The van der Waals surface area contributed by atoms with Crippen molar-refractivity contribution in [1.82, 2.24) is 9.88 Å². The smallest absolute Gasteiger partial charge is 0.230 e. The van der Waals surface area contributed by atoms with E-state index in [-0.39, 0.29) is 5.41 Å². The molecular weight excluding hydrogens is 366 g/mol. The van der Waals surface area contributed by atoms with E-state index >= 15 is 0 Å². The summed E-state index contributed by atoms with van der Waals surface area (Å²) >= 11 is 1.74. The number of aromatic nitrogens is 1. The fraction of sp³-hybridized carbons (Fsp3) is 0.391. The van der Waals surface area contributed by atoms with Crippen molar-refractivity contribution in [2.45, 2.75) is 25.7 Å². The zero-order valence-corrected chi connectivity index (χ0v) is 16.8. The molecule has 144 valence electrons. The highest BCUT2D eigenvalue weighted by Gasteiger charge is 2.48. The second-order valence-electron chi connectivity index (χ2n) is 8.05. The van der Waals surface area contributed by atoms with Gasteiger partial charge in [-0.05, 0) is 43.4 Å². The highest BCUT2D eigenvalue weighted by atomic mass is 32.1. The van der Waals surface area contributed by atoms with Crippen molar-refractivity contribution in [3.63, 3.8) is 0 Å². The molecule has 1 amide bonds. The van der Waals surface area contributed by atoms with Crippen molar-refractivity contribution in [2.24, 2.45) is 5.41 Å². The molecule has 1 spiro atoms. The van der Waals surface area contributed by atoms with Gasteiger partial charge < -0.3 is 9.80 Å². The van der Waals surface area contributed by atoms with Crippen LogP contribution in [0.5, 0.6) is 0 Å². The van der Waals surface area contributed by atoms with Crippen LogP contribution in [0.15, 0.2) is 54.6 Å². The molecule has 2 aromatic carbocycles. The van der Waals surface area contributed by atoms with Crippen LogP contribution in [-0.2, 0) is 11.2 Å². The minimum atomic E-state index is -0.215. The van der Waals surface area contributed by atoms with Crippen molar-refractivity contribution in [3.05, 3.63) is 60.2 Å². The molecule has 2 fully saturated rings. The molecule has 28 heavy (non-hydrogen) atoms. The number of rotatable bonds is 4. The van der Waals surface area contributed by atoms with Gasteiger partial charge in [-0.3, -0.25) is 4.79 Å². The third-order valence-corrected chi connectivity index (χ3v) is 7.34. The highest BCUT2D eigenvalue weighted by Crippen LogP contribution is 2.43. The first-order valence-electron chi connectivity index (χ1n) is 10.2. The maximum Gasteiger partial charge on any atom is 0.230 e. The summed E-state index contributed by atoms with van der Waals surface area (Å²) in [4.78, 5) is 22.7. The Morgan fingerprint density at radius 1 is 1.00 bits per heavy atom. The maximum atomic E-state index is 13.4. The van der Waals surface area contributed by atoms with Crippen LogP contribution in [0, 0.1) is 5.41 Å². The molecule has 0 bridgehead atoms. The Kier molecular flexibility index (Phi) is 4.55. The molecule has 3 heterocycles. The van der Waals surface area contributed by atoms with Crippen molar-refractivity contribution in [2.75, 3.05) is 31.1 Å². The molecule has 0 N–H and O–H groups in total. The molecule has 0 radical (unpaired) electrons. The van der Waals surface area contributed by atoms with Gasteiger partial charge >= 0.3 is 0 Å². The first kappa shape index (κ1) is 17.7. The van der Waals surface area contributed by atoms with Gasteiger partial charge in [-0.1, -0.05) is 53.8 Å². The van der Waals surface area contributed by atoms with Crippen molar-refractivity contribution in [3.8, 4) is 0 Å². The number of anilines is 1. The van der Waals surface area contributed by atoms with Gasteiger partial charge in [-0.15, -0.1) is 0 Å². The van der Waals surface area contributed by atoms with E-state index in [1.807, 2.05) is 12.1 Å². The summed E-state index contributed by atoms with van der Waals surface area (Å²) in [5.41, 5.74) is 2.15. The normalized spacial score (nSPS) is 22.5. The number of amides is 1. The summed E-state index contributed by atoms with van der Waals surface area (Å²) in [6.07, 6.45) is 4.00. The number of thiazole rings is 1. The molecule has 1 atom stereocenters. The predicted molar refractivity (Wildman–Crippen MR) is 115 cm³/mol. The van der Waals surface area contributed by atoms with Gasteiger partial charge in [0, 0.05) is 26.2 Å². The molecule has 5 heteroatoms. The summed E-state index contributed by atoms with van der Waals surface area (Å²) < 4.78 is 1.22. The van der Waals surface area contributed by atoms with Gasteiger partial charge in [0.15, 0.2) is 5.13 Å². The number of nitrogens with zero attached hydrogens (tertiary/aromatic N) is 3. The van der Waals surface area contributed by atoms with Crippen LogP contribution in [0.1, 0.15) is 24.8 Å². The summed E-state index contributed by atoms with van der Waals surface area (Å²) in [6, 6.07) is 18.8. The molecule has 3 aromatic rings. The number of piperidine rings is 1. The highest BCUT2D eigenvalue weighted by molar-refractivity contribution is 7.22. The van der Waals surface area contributed by atoms with Gasteiger partial charge in [-0.2, -0.15) is 0 Å². The first-order chi connectivity index (χ1) is 13.7. The fourth-order valence-electron chi connectivity index (χ4n) is 4.68. The van der Waals surface area contributed by atoms with Crippen LogP contribution in [0.2, 0.25) is 0 Å². The summed E-state index contributed by atoms with van der Waals surface area (Å²) in [6.45, 7) is 3.46. The Morgan fingerprint density at radius 2 is 1.82 bits per heavy atom. The molecule has 0 saturated carbocycles. The van der Waals surface area contributed by atoms with Crippen LogP contribution < -0.4 is 4.90 Å². The monoisotopic (exact) mass is 391 g/mol. The van der Waals surface area contributed by atoms with E-state index in [2.05, 4.69) is 52.3 Å². The van der Waals surface area contributed by atoms with Crippen LogP contribution >= 0.6 is 11.3 Å². The number of fused-ring (bicyclic) bond motifs is 1. The Hall–Kier alpha value is -2.40. The van der Waals surface area contributed by atoms with Crippen LogP contribution in [0.25, 0.3) is 10.2 Å². The summed E-state index contributed by atoms with van der Waals surface area (Å²) in [5, 5.41) is 1.06. The zero-order chi connectivity index (χ0) is 19.0. The Labute approximate surface area is 169 Å². The summed E-state index contributed by atoms with van der Waals surface area (Å²) in [5.74, 6) is 0.360. The van der Waals surface area contributed by atoms with Crippen LogP contribution in [0.4, 0.5) is 5.13 Å². The second-order valence-corrected chi connectivity index (χ2v) is 9.06. The lowest BCUT2D eigenvalue weighted by Crippen LogP contribution is -2.50. The van der Waals surface area contributed by atoms with E-state index in [9.17, 15) is 4.79 Å². The lowest BCUT2D eigenvalue weighted by molar-refractivity contribution is -0.144. The van der Waals surface area contributed by atoms with Crippen LogP contribution in [-0.4, -0.2) is 42.0 Å². The molecule has 5 rings (SSSR count). The van der Waals surface area contributed by atoms with E-state index < -0.39 is 0 Å². The number of para-hydroxylation sites is 1. The van der Waals surface area contributed by atoms with E-state index in [4.69, 9.17) is 4.98 Å². The maximum absolute atomic E-state index is 13.4. The van der Waals surface area contributed by atoms with Crippen molar-refractivity contribution < 1.29 is 4.79 Å². The zero-order valence-electron chi connectivity index (χ0n) is 16.0. The lowest BCUT2D eigenvalue weighted by Gasteiger charge is -2.39. The van der Waals surface area contributed by atoms with Gasteiger partial charge in [0.25, 0.3) is 0 Å². The third-order valence-electron chi connectivity index (χ3n) is 6.24. The number of hydrogen-bond donors (Lipinski definition) is 0. The molecule has 2 aliphatic heterocycles. The lowest BCUT2D eigenvalue weighted by atomic mass is 9.78. The molecule has 2 aliphatic rings.